The van der Waals surface area contributed by atoms with E-state index in [4.69, 9.17) is 9.84 Å². The van der Waals surface area contributed by atoms with E-state index < -0.39 is 0 Å². The van der Waals surface area contributed by atoms with Gasteiger partial charge < -0.3 is 14.7 Å². The van der Waals surface area contributed by atoms with E-state index in [1.54, 1.807) is 13.0 Å². The number of anilines is 1. The van der Waals surface area contributed by atoms with Gasteiger partial charge in [0, 0.05) is 63.4 Å². The number of hydrogen-bond acceptors (Lipinski definition) is 6. The SMILES string of the molecule is CC(=O)OC1CC2=CC(=O)CCC2=C2[C@@H](c3ccc(N(C)CCCCCO)cc3)C[C@]3(C)[C@H](C(C)=O)CC[C@H]3[C@@H]21. The number of aliphatic hydroxyl groups is 1. The van der Waals surface area contributed by atoms with Crippen LogP contribution in [0.2, 0.25) is 0 Å². The lowest BCUT2D eigenvalue weighted by atomic mass is 9.51. The number of carbonyl (C=O) groups is 3. The fourth-order valence-corrected chi connectivity index (χ4v) is 8.66. The molecule has 2 fully saturated rings. The number of aliphatic hydroxyl groups excluding tert-OH is 1. The minimum Gasteiger partial charge on any atom is -0.462 e. The van der Waals surface area contributed by atoms with Crippen molar-refractivity contribution < 1.29 is 24.2 Å². The van der Waals surface area contributed by atoms with Gasteiger partial charge in [-0.05, 0) is 98.1 Å². The first-order valence-corrected chi connectivity index (χ1v) is 15.2. The zero-order valence-electron chi connectivity index (χ0n) is 24.6. The molecule has 1 aromatic rings. The topological polar surface area (TPSA) is 83.9 Å². The van der Waals surface area contributed by atoms with Crippen LogP contribution in [0.4, 0.5) is 5.69 Å². The zero-order valence-corrected chi connectivity index (χ0v) is 24.6. The number of fused-ring (bicyclic) bond motifs is 4. The Morgan fingerprint density at radius 3 is 2.50 bits per heavy atom. The summed E-state index contributed by atoms with van der Waals surface area (Å²) in [6.45, 7) is 6.70. The van der Waals surface area contributed by atoms with Crippen LogP contribution in [0.3, 0.4) is 0 Å². The van der Waals surface area contributed by atoms with Gasteiger partial charge in [-0.2, -0.15) is 0 Å². The molecule has 6 atom stereocenters. The van der Waals surface area contributed by atoms with Crippen LogP contribution in [-0.4, -0.2) is 48.9 Å². The van der Waals surface area contributed by atoms with Gasteiger partial charge in [0.1, 0.15) is 11.9 Å². The quantitative estimate of drug-likeness (QED) is 0.305. The Morgan fingerprint density at radius 2 is 1.82 bits per heavy atom. The molecular weight excluding hydrogens is 502 g/mol. The number of ether oxygens (including phenoxy) is 1. The Labute approximate surface area is 238 Å². The first kappa shape index (κ1) is 28.8. The fourth-order valence-electron chi connectivity index (χ4n) is 8.66. The molecule has 0 spiro atoms. The lowest BCUT2D eigenvalue weighted by Gasteiger charge is -2.54. The summed E-state index contributed by atoms with van der Waals surface area (Å²) in [5, 5.41) is 9.07. The smallest absolute Gasteiger partial charge is 0.302 e. The molecule has 6 nitrogen and oxygen atoms in total. The molecule has 40 heavy (non-hydrogen) atoms. The summed E-state index contributed by atoms with van der Waals surface area (Å²) in [5.41, 5.74) is 5.93. The van der Waals surface area contributed by atoms with Crippen molar-refractivity contribution in [1.29, 1.82) is 0 Å². The summed E-state index contributed by atoms with van der Waals surface area (Å²) in [7, 11) is 2.11. The minimum absolute atomic E-state index is 0.0127. The monoisotopic (exact) mass is 547 g/mol. The third kappa shape index (κ3) is 5.32. The molecular formula is C34H45NO5. The minimum atomic E-state index is -0.310. The van der Waals surface area contributed by atoms with Gasteiger partial charge in [-0.1, -0.05) is 24.6 Å². The number of hydrogen-bond donors (Lipinski definition) is 1. The average Bonchev–Trinajstić information content (AvgIpc) is 3.27. The third-order valence-electron chi connectivity index (χ3n) is 10.4. The van der Waals surface area contributed by atoms with E-state index in [0.717, 1.165) is 62.8 Å². The van der Waals surface area contributed by atoms with E-state index in [9.17, 15) is 14.4 Å². The second-order valence-corrected chi connectivity index (χ2v) is 12.9. The highest BCUT2D eigenvalue weighted by Gasteiger charge is 2.60. The molecule has 4 aliphatic carbocycles. The molecule has 6 heteroatoms. The molecule has 5 rings (SSSR count). The largest absolute Gasteiger partial charge is 0.462 e. The van der Waals surface area contributed by atoms with Crippen LogP contribution < -0.4 is 4.90 Å². The summed E-state index contributed by atoms with van der Waals surface area (Å²) < 4.78 is 6.05. The van der Waals surface area contributed by atoms with Crippen molar-refractivity contribution in [2.75, 3.05) is 25.1 Å². The zero-order chi connectivity index (χ0) is 28.6. The van der Waals surface area contributed by atoms with Gasteiger partial charge >= 0.3 is 5.97 Å². The van der Waals surface area contributed by atoms with Gasteiger partial charge in [-0.15, -0.1) is 0 Å². The number of carbonyl (C=O) groups excluding carboxylic acids is 3. The van der Waals surface area contributed by atoms with Gasteiger partial charge in [-0.25, -0.2) is 0 Å². The summed E-state index contributed by atoms with van der Waals surface area (Å²) >= 11 is 0. The number of nitrogens with zero attached hydrogens (tertiary/aromatic N) is 1. The summed E-state index contributed by atoms with van der Waals surface area (Å²) in [6.07, 6.45) is 8.97. The number of Topliss-reactive ketones (excluding diaryl/α,β-unsaturated/α-hetero) is 1. The van der Waals surface area contributed by atoms with Crippen LogP contribution in [-0.2, 0) is 19.1 Å². The molecule has 0 amide bonds. The molecule has 0 aliphatic heterocycles. The molecule has 1 unspecified atom stereocenters. The molecule has 4 aliphatic rings. The third-order valence-corrected chi connectivity index (χ3v) is 10.4. The lowest BCUT2D eigenvalue weighted by molar-refractivity contribution is -0.152. The Morgan fingerprint density at radius 1 is 1.07 bits per heavy atom. The van der Waals surface area contributed by atoms with Crippen molar-refractivity contribution >= 4 is 23.2 Å². The highest BCUT2D eigenvalue weighted by Crippen LogP contribution is 2.66. The van der Waals surface area contributed by atoms with Crippen LogP contribution in [0.25, 0.3) is 0 Å². The first-order chi connectivity index (χ1) is 19.1. The van der Waals surface area contributed by atoms with Gasteiger partial charge in [0.05, 0.1) is 0 Å². The van der Waals surface area contributed by atoms with Crippen LogP contribution in [0.1, 0.15) is 90.0 Å². The van der Waals surface area contributed by atoms with Crippen molar-refractivity contribution in [1.82, 2.24) is 0 Å². The van der Waals surface area contributed by atoms with E-state index in [1.165, 1.54) is 23.6 Å². The van der Waals surface area contributed by atoms with Gasteiger partial charge in [0.15, 0.2) is 5.78 Å². The highest BCUT2D eigenvalue weighted by molar-refractivity contribution is 5.93. The molecule has 0 radical (unpaired) electrons. The summed E-state index contributed by atoms with van der Waals surface area (Å²) in [6, 6.07) is 8.87. The van der Waals surface area contributed by atoms with Crippen LogP contribution >= 0.6 is 0 Å². The summed E-state index contributed by atoms with van der Waals surface area (Å²) in [4.78, 5) is 40.0. The number of allylic oxidation sites excluding steroid dienone is 2. The van der Waals surface area contributed by atoms with Gasteiger partial charge in [0.2, 0.25) is 0 Å². The van der Waals surface area contributed by atoms with E-state index in [2.05, 4.69) is 43.1 Å². The first-order valence-electron chi connectivity index (χ1n) is 15.2. The van der Waals surface area contributed by atoms with Crippen molar-refractivity contribution in [2.24, 2.45) is 23.2 Å². The normalized spacial score (nSPS) is 31.2. The summed E-state index contributed by atoms with van der Waals surface area (Å²) in [5.74, 6) is 0.590. The maximum atomic E-state index is 12.9. The van der Waals surface area contributed by atoms with Crippen LogP contribution in [0, 0.1) is 23.2 Å². The molecule has 1 aromatic carbocycles. The van der Waals surface area contributed by atoms with Crippen molar-refractivity contribution in [3.8, 4) is 0 Å². The van der Waals surface area contributed by atoms with Crippen molar-refractivity contribution in [3.05, 3.63) is 52.6 Å². The average molecular weight is 548 g/mol. The van der Waals surface area contributed by atoms with E-state index in [1.807, 2.05) is 0 Å². The van der Waals surface area contributed by atoms with Crippen molar-refractivity contribution in [3.63, 3.8) is 0 Å². The predicted octanol–water partition coefficient (Wildman–Crippen LogP) is 5.93. The Kier molecular flexibility index (Phi) is 8.37. The maximum absolute atomic E-state index is 12.9. The highest BCUT2D eigenvalue weighted by atomic mass is 16.5. The maximum Gasteiger partial charge on any atom is 0.302 e. The van der Waals surface area contributed by atoms with Crippen LogP contribution in [0.15, 0.2) is 47.1 Å². The molecule has 0 aromatic heterocycles. The fraction of sp³-hybridized carbons (Fsp3) is 0.618. The van der Waals surface area contributed by atoms with E-state index >= 15 is 0 Å². The number of unbranched alkanes of at least 4 members (excludes halogenated alkanes) is 2. The molecule has 0 saturated heterocycles. The van der Waals surface area contributed by atoms with Gasteiger partial charge in [-0.3, -0.25) is 14.4 Å². The van der Waals surface area contributed by atoms with Crippen molar-refractivity contribution in [2.45, 2.75) is 90.6 Å². The number of rotatable bonds is 9. The lowest BCUT2D eigenvalue weighted by Crippen LogP contribution is -2.50. The Bertz CT molecular complexity index is 1210. The molecule has 216 valence electrons. The molecule has 0 heterocycles. The molecule has 2 saturated carbocycles. The number of benzene rings is 1. The molecule has 0 bridgehead atoms. The van der Waals surface area contributed by atoms with E-state index in [0.29, 0.717) is 12.8 Å². The molecule has 1 N–H and O–H groups in total. The number of esters is 1. The van der Waals surface area contributed by atoms with Gasteiger partial charge in [0.25, 0.3) is 0 Å². The Balaban J connectivity index is 1.56. The predicted molar refractivity (Wildman–Crippen MR) is 156 cm³/mol. The standard InChI is InChI=1S/C34H45NO5/c1-21(37)29-14-15-30-33-31(40-22(2)38)19-24-18-26(39)12-13-27(24)32(33)28(20-34(29,30)3)23-8-10-25(11-9-23)35(4)16-6-5-7-17-36/h8-11,18,28-31,33,36H,5-7,12-17,19-20H2,1-4H3/t28-,29+,30+,31?,33-,34-/m1/s1. The Hall–Kier alpha value is -2.73. The number of ketones is 2. The second-order valence-electron chi connectivity index (χ2n) is 12.9. The van der Waals surface area contributed by atoms with E-state index in [-0.39, 0.29) is 59.3 Å². The van der Waals surface area contributed by atoms with Crippen LogP contribution in [0.5, 0.6) is 0 Å². The second kappa shape index (κ2) is 11.6.